The average molecular weight is 279 g/mol. The fraction of sp³-hybridized carbons (Fsp3) is 0.467. The van der Waals surface area contributed by atoms with Crippen molar-refractivity contribution in [2.24, 2.45) is 0 Å². The number of nitrogens with one attached hydrogen (secondary N) is 2. The summed E-state index contributed by atoms with van der Waals surface area (Å²) in [6.07, 6.45) is 2.09. The van der Waals surface area contributed by atoms with Gasteiger partial charge in [0.05, 0.1) is 5.02 Å². The van der Waals surface area contributed by atoms with Crippen molar-refractivity contribution in [2.45, 2.75) is 31.8 Å². The third-order valence-electron chi connectivity index (χ3n) is 4.00. The maximum absolute atomic E-state index is 6.42. The molecule has 4 heteroatoms. The monoisotopic (exact) mass is 278 g/mol. The first-order valence-corrected chi connectivity index (χ1v) is 7.14. The predicted octanol–water partition coefficient (Wildman–Crippen LogP) is 3.48. The molecule has 1 fully saturated rings. The van der Waals surface area contributed by atoms with Gasteiger partial charge in [-0.25, -0.2) is 0 Å². The lowest BCUT2D eigenvalue weighted by atomic mass is 9.92. The molecule has 19 heavy (non-hydrogen) atoms. The van der Waals surface area contributed by atoms with Gasteiger partial charge in [-0.1, -0.05) is 29.8 Å². The van der Waals surface area contributed by atoms with E-state index in [1.165, 1.54) is 0 Å². The van der Waals surface area contributed by atoms with Gasteiger partial charge in [-0.3, -0.25) is 0 Å². The largest absolute Gasteiger partial charge is 0.381 e. The average Bonchev–Trinajstić information content (AvgIpc) is 2.75. The minimum atomic E-state index is 0.152. The molecule has 3 rings (SSSR count). The van der Waals surface area contributed by atoms with Crippen molar-refractivity contribution in [3.63, 3.8) is 0 Å². The van der Waals surface area contributed by atoms with Crippen LogP contribution in [0, 0.1) is 0 Å². The second kappa shape index (κ2) is 5.16. The SMILES string of the molecule is CC1(NCc2[nH]c3ccccc3c2Cl)CCOCC1. The highest BCUT2D eigenvalue weighted by Crippen LogP contribution is 2.28. The Kier molecular flexibility index (Phi) is 3.52. The van der Waals surface area contributed by atoms with Gasteiger partial charge in [0.2, 0.25) is 0 Å². The molecule has 0 unspecified atom stereocenters. The number of aromatic nitrogens is 1. The van der Waals surface area contributed by atoms with Crippen molar-refractivity contribution in [2.75, 3.05) is 13.2 Å². The Morgan fingerprint density at radius 2 is 2.05 bits per heavy atom. The molecule has 1 aliphatic heterocycles. The second-order valence-corrected chi connectivity index (χ2v) is 5.87. The molecule has 1 aliphatic rings. The van der Waals surface area contributed by atoms with Gasteiger partial charge < -0.3 is 15.0 Å². The lowest BCUT2D eigenvalue weighted by molar-refractivity contribution is 0.0445. The second-order valence-electron chi connectivity index (χ2n) is 5.49. The third kappa shape index (κ3) is 2.64. The standard InChI is InChI=1S/C15H19ClN2O/c1-15(6-8-19-9-7-15)17-10-13-14(16)11-4-2-3-5-12(11)18-13/h2-5,17-18H,6-10H2,1H3. The van der Waals surface area contributed by atoms with Crippen LogP contribution in [0.5, 0.6) is 0 Å². The zero-order valence-electron chi connectivity index (χ0n) is 11.1. The van der Waals surface area contributed by atoms with Crippen LogP contribution in [0.4, 0.5) is 0 Å². The van der Waals surface area contributed by atoms with Gasteiger partial charge in [0.25, 0.3) is 0 Å². The molecular weight excluding hydrogens is 260 g/mol. The van der Waals surface area contributed by atoms with Crippen molar-refractivity contribution in [1.82, 2.24) is 10.3 Å². The maximum Gasteiger partial charge on any atom is 0.0705 e. The van der Waals surface area contributed by atoms with Crippen LogP contribution in [0.1, 0.15) is 25.5 Å². The molecule has 0 atom stereocenters. The summed E-state index contributed by atoms with van der Waals surface area (Å²) in [6.45, 7) is 4.70. The van der Waals surface area contributed by atoms with Crippen molar-refractivity contribution in [1.29, 1.82) is 0 Å². The molecule has 0 radical (unpaired) electrons. The van der Waals surface area contributed by atoms with Gasteiger partial charge in [-0.05, 0) is 25.8 Å². The van der Waals surface area contributed by atoms with Crippen LogP contribution in [-0.2, 0) is 11.3 Å². The topological polar surface area (TPSA) is 37.0 Å². The third-order valence-corrected chi connectivity index (χ3v) is 4.43. The lowest BCUT2D eigenvalue weighted by Gasteiger charge is -2.34. The Bertz CT molecular complexity index is 573. The first kappa shape index (κ1) is 13.0. The van der Waals surface area contributed by atoms with E-state index in [9.17, 15) is 0 Å². The molecule has 1 aromatic carbocycles. The molecule has 0 amide bonds. The van der Waals surface area contributed by atoms with Gasteiger partial charge in [0.15, 0.2) is 0 Å². The number of hydrogen-bond acceptors (Lipinski definition) is 2. The highest BCUT2D eigenvalue weighted by Gasteiger charge is 2.26. The number of halogens is 1. The molecule has 1 saturated heterocycles. The summed E-state index contributed by atoms with van der Waals surface area (Å²) in [4.78, 5) is 3.39. The molecule has 2 heterocycles. The van der Waals surface area contributed by atoms with E-state index in [1.54, 1.807) is 0 Å². The van der Waals surface area contributed by atoms with E-state index < -0.39 is 0 Å². The number of ether oxygens (including phenoxy) is 1. The Labute approximate surface area is 118 Å². The van der Waals surface area contributed by atoms with E-state index in [2.05, 4.69) is 23.3 Å². The molecular formula is C15H19ClN2O. The van der Waals surface area contributed by atoms with E-state index in [1.807, 2.05) is 18.2 Å². The van der Waals surface area contributed by atoms with Crippen molar-refractivity contribution < 1.29 is 4.74 Å². The quantitative estimate of drug-likeness (QED) is 0.902. The molecule has 2 aromatic rings. The van der Waals surface area contributed by atoms with Gasteiger partial charge in [-0.15, -0.1) is 0 Å². The molecule has 1 aromatic heterocycles. The van der Waals surface area contributed by atoms with E-state index in [-0.39, 0.29) is 5.54 Å². The summed E-state index contributed by atoms with van der Waals surface area (Å²) in [5.74, 6) is 0. The van der Waals surface area contributed by atoms with E-state index in [4.69, 9.17) is 16.3 Å². The summed E-state index contributed by atoms with van der Waals surface area (Å²) in [7, 11) is 0. The van der Waals surface area contributed by atoms with E-state index >= 15 is 0 Å². The highest BCUT2D eigenvalue weighted by molar-refractivity contribution is 6.36. The number of hydrogen-bond donors (Lipinski definition) is 2. The van der Waals surface area contributed by atoms with Crippen molar-refractivity contribution in [3.8, 4) is 0 Å². The van der Waals surface area contributed by atoms with Gasteiger partial charge in [0.1, 0.15) is 0 Å². The fourth-order valence-corrected chi connectivity index (χ4v) is 2.86. The van der Waals surface area contributed by atoms with Crippen LogP contribution in [0.25, 0.3) is 10.9 Å². The predicted molar refractivity (Wildman–Crippen MR) is 78.6 cm³/mol. The van der Waals surface area contributed by atoms with Gasteiger partial charge in [0, 0.05) is 41.9 Å². The summed E-state index contributed by atoms with van der Waals surface area (Å²) >= 11 is 6.42. The first-order chi connectivity index (χ1) is 9.18. The number of fused-ring (bicyclic) bond motifs is 1. The fourth-order valence-electron chi connectivity index (χ4n) is 2.59. The lowest BCUT2D eigenvalue weighted by Crippen LogP contribution is -2.46. The molecule has 0 bridgehead atoms. The van der Waals surface area contributed by atoms with Crippen LogP contribution in [-0.4, -0.2) is 23.7 Å². The Morgan fingerprint density at radius 1 is 1.32 bits per heavy atom. The first-order valence-electron chi connectivity index (χ1n) is 6.76. The molecule has 2 N–H and O–H groups in total. The number of H-pyrrole nitrogens is 1. The Balaban J connectivity index is 1.76. The number of para-hydroxylation sites is 1. The van der Waals surface area contributed by atoms with E-state index in [0.717, 1.165) is 54.2 Å². The molecule has 0 saturated carbocycles. The number of rotatable bonds is 3. The summed E-state index contributed by atoms with van der Waals surface area (Å²) in [5, 5.41) is 5.55. The maximum atomic E-state index is 6.42. The summed E-state index contributed by atoms with van der Waals surface area (Å²) < 4.78 is 5.41. The molecule has 3 nitrogen and oxygen atoms in total. The van der Waals surface area contributed by atoms with Crippen LogP contribution in [0.2, 0.25) is 5.02 Å². The zero-order chi connectivity index (χ0) is 13.3. The minimum absolute atomic E-state index is 0.152. The highest BCUT2D eigenvalue weighted by atomic mass is 35.5. The minimum Gasteiger partial charge on any atom is -0.381 e. The molecule has 0 spiro atoms. The number of benzene rings is 1. The van der Waals surface area contributed by atoms with E-state index in [0.29, 0.717) is 0 Å². The van der Waals surface area contributed by atoms with Crippen LogP contribution < -0.4 is 5.32 Å². The van der Waals surface area contributed by atoms with Crippen molar-refractivity contribution in [3.05, 3.63) is 35.0 Å². The Hall–Kier alpha value is -1.03. The zero-order valence-corrected chi connectivity index (χ0v) is 11.9. The smallest absolute Gasteiger partial charge is 0.0705 e. The van der Waals surface area contributed by atoms with Crippen molar-refractivity contribution >= 4 is 22.5 Å². The van der Waals surface area contributed by atoms with Crippen LogP contribution >= 0.6 is 11.6 Å². The summed E-state index contributed by atoms with van der Waals surface area (Å²) in [6, 6.07) is 8.14. The molecule has 0 aliphatic carbocycles. The molecule has 102 valence electrons. The summed E-state index contributed by atoms with van der Waals surface area (Å²) in [5.41, 5.74) is 2.32. The van der Waals surface area contributed by atoms with Crippen LogP contribution in [0.3, 0.4) is 0 Å². The van der Waals surface area contributed by atoms with Gasteiger partial charge >= 0.3 is 0 Å². The Morgan fingerprint density at radius 3 is 2.79 bits per heavy atom. The number of aromatic amines is 1. The normalized spacial score (nSPS) is 18.8. The van der Waals surface area contributed by atoms with Crippen LogP contribution in [0.15, 0.2) is 24.3 Å². The van der Waals surface area contributed by atoms with Gasteiger partial charge in [-0.2, -0.15) is 0 Å².